The van der Waals surface area contributed by atoms with Crippen molar-refractivity contribution in [2.45, 2.75) is 24.3 Å². The van der Waals surface area contributed by atoms with E-state index in [1.54, 1.807) is 25.4 Å². The van der Waals surface area contributed by atoms with E-state index < -0.39 is 0 Å². The maximum Gasteiger partial charge on any atom is 0.251 e. The van der Waals surface area contributed by atoms with Crippen LogP contribution in [0.1, 0.15) is 10.4 Å². The van der Waals surface area contributed by atoms with Crippen molar-refractivity contribution in [1.29, 1.82) is 0 Å². The van der Waals surface area contributed by atoms with Gasteiger partial charge in [-0.1, -0.05) is 30.3 Å². The normalized spacial score (nSPS) is 24.0. The minimum absolute atomic E-state index is 0.119. The molecule has 32 heavy (non-hydrogen) atoms. The zero-order valence-corrected chi connectivity index (χ0v) is 17.6. The summed E-state index contributed by atoms with van der Waals surface area (Å²) < 4.78 is 17.4. The zero-order valence-electron chi connectivity index (χ0n) is 17.6. The highest BCUT2D eigenvalue weighted by Gasteiger charge is 2.48. The summed E-state index contributed by atoms with van der Waals surface area (Å²) >= 11 is 0. The summed E-state index contributed by atoms with van der Waals surface area (Å²) in [5, 5.41) is 6.37. The summed E-state index contributed by atoms with van der Waals surface area (Å²) in [5.41, 5.74) is 2.27. The molecule has 0 saturated carbocycles. The lowest BCUT2D eigenvalue weighted by atomic mass is 10.1. The third-order valence-electron chi connectivity index (χ3n) is 5.76. The number of benzene rings is 2. The number of nitrogens with zero attached hydrogens (tertiary/aromatic N) is 2. The summed E-state index contributed by atoms with van der Waals surface area (Å²) in [7, 11) is 1.64. The number of hydrogen-bond acceptors (Lipinski definition) is 7. The van der Waals surface area contributed by atoms with Crippen LogP contribution in [0.4, 0.5) is 5.95 Å². The number of amides is 1. The molecule has 0 unspecified atom stereocenters. The summed E-state index contributed by atoms with van der Waals surface area (Å²) in [6.07, 6.45) is 1.29. The third kappa shape index (κ3) is 4.02. The highest BCUT2D eigenvalue weighted by atomic mass is 16.6. The van der Waals surface area contributed by atoms with Gasteiger partial charge < -0.3 is 24.8 Å². The highest BCUT2D eigenvalue weighted by Crippen LogP contribution is 2.31. The highest BCUT2D eigenvalue weighted by molar-refractivity contribution is 5.94. The number of para-hydroxylation sites is 1. The first-order valence-corrected chi connectivity index (χ1v) is 10.5. The molecule has 2 aliphatic rings. The molecule has 8 nitrogen and oxygen atoms in total. The Hall–Kier alpha value is -3.49. The van der Waals surface area contributed by atoms with Crippen molar-refractivity contribution in [3.8, 4) is 17.0 Å². The van der Waals surface area contributed by atoms with Crippen LogP contribution in [-0.2, 0) is 9.47 Å². The topological polar surface area (TPSA) is 94.6 Å². The van der Waals surface area contributed by atoms with Crippen molar-refractivity contribution in [2.75, 3.05) is 25.6 Å². The molecule has 0 radical (unpaired) electrons. The minimum Gasteiger partial charge on any atom is -0.496 e. The molecule has 1 aromatic heterocycles. The van der Waals surface area contributed by atoms with Crippen molar-refractivity contribution in [3.63, 3.8) is 0 Å². The molecule has 3 heterocycles. The minimum atomic E-state index is -0.224. The standard InChI is InChI=1S/C24H24N4O4/c1-30-20-10-6-5-9-16(20)17-11-12-25-24(27-17)28-19-14-32-21-18(13-31-22(19)21)26-23(29)15-7-3-2-4-8-15/h2-12,18-19,21-22H,13-14H2,1H3,(H,26,29)(H,25,27,28)/t18-,19-,21+,22+/m0/s1. The Labute approximate surface area is 185 Å². The first-order valence-electron chi connectivity index (χ1n) is 10.5. The average molecular weight is 432 g/mol. The molecule has 2 aromatic carbocycles. The lowest BCUT2D eigenvalue weighted by Gasteiger charge is -2.18. The average Bonchev–Trinajstić information content (AvgIpc) is 3.43. The summed E-state index contributed by atoms with van der Waals surface area (Å²) in [6, 6.07) is 18.4. The molecule has 164 valence electrons. The number of carbonyl (C=O) groups is 1. The molecule has 8 heteroatoms. The van der Waals surface area contributed by atoms with Crippen molar-refractivity contribution < 1.29 is 19.0 Å². The van der Waals surface area contributed by atoms with Crippen LogP contribution in [0.2, 0.25) is 0 Å². The number of carbonyl (C=O) groups excluding carboxylic acids is 1. The van der Waals surface area contributed by atoms with Crippen LogP contribution in [-0.4, -0.2) is 60.5 Å². The monoisotopic (exact) mass is 432 g/mol. The molecular weight excluding hydrogens is 408 g/mol. The van der Waals surface area contributed by atoms with Gasteiger partial charge in [0.2, 0.25) is 5.95 Å². The lowest BCUT2D eigenvalue weighted by molar-refractivity contribution is 0.0652. The molecule has 3 aromatic rings. The zero-order chi connectivity index (χ0) is 21.9. The number of nitrogens with one attached hydrogen (secondary N) is 2. The van der Waals surface area contributed by atoms with Crippen LogP contribution in [0, 0.1) is 0 Å². The van der Waals surface area contributed by atoms with Crippen molar-refractivity contribution in [2.24, 2.45) is 0 Å². The number of anilines is 1. The first-order chi connectivity index (χ1) is 15.7. The predicted octanol–water partition coefficient (Wildman–Crippen LogP) is 2.53. The van der Waals surface area contributed by atoms with Crippen LogP contribution < -0.4 is 15.4 Å². The van der Waals surface area contributed by atoms with Crippen LogP contribution in [0.15, 0.2) is 66.9 Å². The SMILES string of the molecule is COc1ccccc1-c1ccnc(N[C@H]2CO[C@H]3[C@@H]2OC[C@@H]3NC(=O)c2ccccc2)n1. The van der Waals surface area contributed by atoms with Crippen LogP contribution in [0.5, 0.6) is 5.75 Å². The van der Waals surface area contributed by atoms with Gasteiger partial charge >= 0.3 is 0 Å². The Morgan fingerprint density at radius 1 is 0.969 bits per heavy atom. The molecule has 5 rings (SSSR count). The van der Waals surface area contributed by atoms with E-state index in [0.29, 0.717) is 24.7 Å². The molecule has 4 atom stereocenters. The van der Waals surface area contributed by atoms with Gasteiger partial charge in [-0.05, 0) is 30.3 Å². The molecule has 1 amide bonds. The maximum absolute atomic E-state index is 12.5. The first kappa shape index (κ1) is 20.4. The summed E-state index contributed by atoms with van der Waals surface area (Å²) in [6.45, 7) is 0.837. The Balaban J connectivity index is 1.26. The molecule has 2 N–H and O–H groups in total. The number of methoxy groups -OCH3 is 1. The van der Waals surface area contributed by atoms with Gasteiger partial charge in [0.25, 0.3) is 5.91 Å². The largest absolute Gasteiger partial charge is 0.496 e. The van der Waals surface area contributed by atoms with Gasteiger partial charge in [0.15, 0.2) is 0 Å². The second-order valence-electron chi connectivity index (χ2n) is 7.76. The summed E-state index contributed by atoms with van der Waals surface area (Å²) in [5.74, 6) is 1.10. The van der Waals surface area contributed by atoms with E-state index in [1.165, 1.54) is 0 Å². The van der Waals surface area contributed by atoms with Crippen LogP contribution >= 0.6 is 0 Å². The van der Waals surface area contributed by atoms with E-state index in [1.807, 2.05) is 48.5 Å². The van der Waals surface area contributed by atoms with E-state index in [-0.39, 0.29) is 30.2 Å². The van der Waals surface area contributed by atoms with E-state index >= 15 is 0 Å². The number of fused-ring (bicyclic) bond motifs is 1. The summed E-state index contributed by atoms with van der Waals surface area (Å²) in [4.78, 5) is 21.5. The van der Waals surface area contributed by atoms with E-state index in [2.05, 4.69) is 20.6 Å². The number of hydrogen-bond donors (Lipinski definition) is 2. The molecule has 0 bridgehead atoms. The fraction of sp³-hybridized carbons (Fsp3) is 0.292. The Morgan fingerprint density at radius 3 is 2.50 bits per heavy atom. The van der Waals surface area contributed by atoms with E-state index in [9.17, 15) is 4.79 Å². The molecule has 0 spiro atoms. The van der Waals surface area contributed by atoms with Gasteiger partial charge in [0, 0.05) is 17.3 Å². The van der Waals surface area contributed by atoms with Gasteiger partial charge in [0.1, 0.15) is 18.0 Å². The van der Waals surface area contributed by atoms with Crippen LogP contribution in [0.3, 0.4) is 0 Å². The molecule has 2 fully saturated rings. The van der Waals surface area contributed by atoms with Crippen LogP contribution in [0.25, 0.3) is 11.3 Å². The van der Waals surface area contributed by atoms with Gasteiger partial charge in [-0.25, -0.2) is 9.97 Å². The molecular formula is C24H24N4O4. The van der Waals surface area contributed by atoms with E-state index in [0.717, 1.165) is 17.0 Å². The molecule has 0 aliphatic carbocycles. The Morgan fingerprint density at radius 2 is 1.69 bits per heavy atom. The second kappa shape index (κ2) is 8.94. The smallest absolute Gasteiger partial charge is 0.251 e. The number of aromatic nitrogens is 2. The quantitative estimate of drug-likeness (QED) is 0.618. The Bertz CT molecular complexity index is 1090. The van der Waals surface area contributed by atoms with Gasteiger partial charge in [-0.15, -0.1) is 0 Å². The molecule has 2 aliphatic heterocycles. The van der Waals surface area contributed by atoms with E-state index in [4.69, 9.17) is 14.2 Å². The fourth-order valence-electron chi connectivity index (χ4n) is 4.19. The number of ether oxygens (including phenoxy) is 3. The van der Waals surface area contributed by atoms with Crippen molar-refractivity contribution in [3.05, 3.63) is 72.4 Å². The van der Waals surface area contributed by atoms with Gasteiger partial charge in [0.05, 0.1) is 38.1 Å². The predicted molar refractivity (Wildman–Crippen MR) is 119 cm³/mol. The van der Waals surface area contributed by atoms with Gasteiger partial charge in [-0.2, -0.15) is 0 Å². The van der Waals surface area contributed by atoms with Gasteiger partial charge in [-0.3, -0.25) is 4.79 Å². The second-order valence-corrected chi connectivity index (χ2v) is 7.76. The Kier molecular flexibility index (Phi) is 5.70. The number of rotatable bonds is 6. The maximum atomic E-state index is 12.5. The third-order valence-corrected chi connectivity index (χ3v) is 5.76. The fourth-order valence-corrected chi connectivity index (χ4v) is 4.19. The molecule has 2 saturated heterocycles. The lowest BCUT2D eigenvalue weighted by Crippen LogP contribution is -2.44. The van der Waals surface area contributed by atoms with Crippen molar-refractivity contribution >= 4 is 11.9 Å². The van der Waals surface area contributed by atoms with Crippen molar-refractivity contribution in [1.82, 2.24) is 15.3 Å².